The van der Waals surface area contributed by atoms with Crippen LogP contribution in [0.15, 0.2) is 18.2 Å². The fourth-order valence-electron chi connectivity index (χ4n) is 1.12. The van der Waals surface area contributed by atoms with Crippen molar-refractivity contribution in [1.82, 2.24) is 5.32 Å². The van der Waals surface area contributed by atoms with Gasteiger partial charge in [0.15, 0.2) is 0 Å². The van der Waals surface area contributed by atoms with E-state index < -0.39 is 0 Å². The molecule has 16 heavy (non-hydrogen) atoms. The molecule has 4 heteroatoms. The third-order valence-corrected chi connectivity index (χ3v) is 3.30. The van der Waals surface area contributed by atoms with Gasteiger partial charge in [-0.3, -0.25) is 0 Å². The van der Waals surface area contributed by atoms with E-state index in [1.54, 1.807) is 12.1 Å². The summed E-state index contributed by atoms with van der Waals surface area (Å²) in [7, 11) is 1.94. The van der Waals surface area contributed by atoms with Crippen molar-refractivity contribution in [2.24, 2.45) is 0 Å². The molecule has 0 bridgehead atoms. The first-order chi connectivity index (χ1) is 7.44. The van der Waals surface area contributed by atoms with Gasteiger partial charge in [0.05, 0.1) is 16.7 Å². The lowest BCUT2D eigenvalue weighted by molar-refractivity contribution is 0.256. The molecule has 0 saturated carbocycles. The molecular formula is C12H17Cl2NO. The van der Waals surface area contributed by atoms with Crippen LogP contribution in [0.4, 0.5) is 0 Å². The van der Waals surface area contributed by atoms with Gasteiger partial charge in [-0.05, 0) is 39.4 Å². The van der Waals surface area contributed by atoms with Crippen LogP contribution in [0.2, 0.25) is 10.0 Å². The number of benzene rings is 1. The fraction of sp³-hybridized carbons (Fsp3) is 0.500. The summed E-state index contributed by atoms with van der Waals surface area (Å²) in [6.07, 6.45) is 0.920. The normalized spacial score (nSPS) is 11.6. The van der Waals surface area contributed by atoms with Crippen LogP contribution in [0, 0.1) is 0 Å². The monoisotopic (exact) mass is 261 g/mol. The second-order valence-electron chi connectivity index (χ2n) is 4.31. The molecule has 90 valence electrons. The fourth-order valence-corrected chi connectivity index (χ4v) is 1.40. The second-order valence-corrected chi connectivity index (χ2v) is 5.12. The van der Waals surface area contributed by atoms with Crippen LogP contribution >= 0.6 is 23.2 Å². The molecule has 2 nitrogen and oxygen atoms in total. The summed E-state index contributed by atoms with van der Waals surface area (Å²) in [4.78, 5) is 0. The minimum atomic E-state index is 0.0796. The summed E-state index contributed by atoms with van der Waals surface area (Å²) >= 11 is 11.7. The van der Waals surface area contributed by atoms with E-state index in [1.807, 2.05) is 13.1 Å². The van der Waals surface area contributed by atoms with Gasteiger partial charge in [0.1, 0.15) is 5.75 Å². The minimum Gasteiger partial charge on any atom is -0.493 e. The SMILES string of the molecule is CNC(C)(C)CCOc1ccc(Cl)c(Cl)c1. The number of rotatable bonds is 5. The van der Waals surface area contributed by atoms with Crippen molar-refractivity contribution in [3.8, 4) is 5.75 Å². The van der Waals surface area contributed by atoms with Crippen LogP contribution < -0.4 is 10.1 Å². The predicted octanol–water partition coefficient (Wildman–Crippen LogP) is 3.76. The first-order valence-electron chi connectivity index (χ1n) is 5.21. The van der Waals surface area contributed by atoms with Crippen molar-refractivity contribution >= 4 is 23.2 Å². The number of hydrogen-bond acceptors (Lipinski definition) is 2. The largest absolute Gasteiger partial charge is 0.493 e. The number of hydrogen-bond donors (Lipinski definition) is 1. The smallest absolute Gasteiger partial charge is 0.120 e. The Balaban J connectivity index is 2.46. The zero-order valence-corrected chi connectivity index (χ0v) is 11.3. The first-order valence-corrected chi connectivity index (χ1v) is 5.97. The molecule has 1 rings (SSSR count). The zero-order chi connectivity index (χ0) is 12.2. The zero-order valence-electron chi connectivity index (χ0n) is 9.81. The van der Waals surface area contributed by atoms with Gasteiger partial charge < -0.3 is 10.1 Å². The summed E-state index contributed by atoms with van der Waals surface area (Å²) < 4.78 is 5.60. The minimum absolute atomic E-state index is 0.0796. The van der Waals surface area contributed by atoms with Crippen molar-refractivity contribution in [1.29, 1.82) is 0 Å². The van der Waals surface area contributed by atoms with Crippen LogP contribution in [0.25, 0.3) is 0 Å². The number of nitrogens with one attached hydrogen (secondary N) is 1. The standard InChI is InChI=1S/C12H17Cl2NO/c1-12(2,15-3)6-7-16-9-4-5-10(13)11(14)8-9/h4-5,8,15H,6-7H2,1-3H3. The number of ether oxygens (including phenoxy) is 1. The number of halogens is 2. The highest BCUT2D eigenvalue weighted by molar-refractivity contribution is 6.42. The third-order valence-electron chi connectivity index (χ3n) is 2.56. The average Bonchev–Trinajstić information content (AvgIpc) is 2.23. The van der Waals surface area contributed by atoms with Gasteiger partial charge in [0.2, 0.25) is 0 Å². The lowest BCUT2D eigenvalue weighted by Gasteiger charge is -2.23. The Labute approximate surface area is 107 Å². The van der Waals surface area contributed by atoms with E-state index in [-0.39, 0.29) is 5.54 Å². The van der Waals surface area contributed by atoms with Crippen LogP contribution in [-0.4, -0.2) is 19.2 Å². The van der Waals surface area contributed by atoms with Crippen LogP contribution in [-0.2, 0) is 0 Å². The van der Waals surface area contributed by atoms with E-state index >= 15 is 0 Å². The molecule has 0 aliphatic heterocycles. The summed E-state index contributed by atoms with van der Waals surface area (Å²) in [5, 5.41) is 4.29. The Bertz CT molecular complexity index is 353. The Morgan fingerprint density at radius 3 is 2.50 bits per heavy atom. The topological polar surface area (TPSA) is 21.3 Å². The van der Waals surface area contributed by atoms with Crippen LogP contribution in [0.5, 0.6) is 5.75 Å². The molecular weight excluding hydrogens is 245 g/mol. The molecule has 0 fully saturated rings. The maximum absolute atomic E-state index is 5.89. The Hall–Kier alpha value is -0.440. The summed E-state index contributed by atoms with van der Waals surface area (Å²) in [6.45, 7) is 4.90. The summed E-state index contributed by atoms with van der Waals surface area (Å²) in [6, 6.07) is 5.29. The van der Waals surface area contributed by atoms with Gasteiger partial charge in [-0.2, -0.15) is 0 Å². The van der Waals surface area contributed by atoms with Crippen LogP contribution in [0.1, 0.15) is 20.3 Å². The van der Waals surface area contributed by atoms with E-state index in [4.69, 9.17) is 27.9 Å². The molecule has 0 atom stereocenters. The van der Waals surface area contributed by atoms with Gasteiger partial charge in [-0.25, -0.2) is 0 Å². The molecule has 0 heterocycles. The lowest BCUT2D eigenvalue weighted by atomic mass is 10.0. The summed E-state index contributed by atoms with van der Waals surface area (Å²) in [5.74, 6) is 0.751. The van der Waals surface area contributed by atoms with Crippen molar-refractivity contribution in [3.63, 3.8) is 0 Å². The third kappa shape index (κ3) is 4.20. The van der Waals surface area contributed by atoms with Crippen molar-refractivity contribution < 1.29 is 4.74 Å². The molecule has 0 aliphatic carbocycles. The van der Waals surface area contributed by atoms with Gasteiger partial charge in [-0.15, -0.1) is 0 Å². The lowest BCUT2D eigenvalue weighted by Crippen LogP contribution is -2.37. The van der Waals surface area contributed by atoms with E-state index in [0.717, 1.165) is 12.2 Å². The van der Waals surface area contributed by atoms with Crippen molar-refractivity contribution in [3.05, 3.63) is 28.2 Å². The van der Waals surface area contributed by atoms with Crippen molar-refractivity contribution in [2.75, 3.05) is 13.7 Å². The summed E-state index contributed by atoms with van der Waals surface area (Å²) in [5.41, 5.74) is 0.0796. The molecule has 0 radical (unpaired) electrons. The van der Waals surface area contributed by atoms with Gasteiger partial charge in [-0.1, -0.05) is 23.2 Å². The highest BCUT2D eigenvalue weighted by Gasteiger charge is 2.14. The maximum Gasteiger partial charge on any atom is 0.120 e. The van der Waals surface area contributed by atoms with E-state index in [2.05, 4.69) is 19.2 Å². The van der Waals surface area contributed by atoms with Gasteiger partial charge in [0.25, 0.3) is 0 Å². The molecule has 1 aromatic carbocycles. The first kappa shape index (κ1) is 13.6. The van der Waals surface area contributed by atoms with E-state index in [9.17, 15) is 0 Å². The predicted molar refractivity (Wildman–Crippen MR) is 69.7 cm³/mol. The Kier molecular flexibility index (Phi) is 4.90. The highest BCUT2D eigenvalue weighted by atomic mass is 35.5. The van der Waals surface area contributed by atoms with Gasteiger partial charge in [0, 0.05) is 11.6 Å². The quantitative estimate of drug-likeness (QED) is 0.872. The molecule has 1 aromatic rings. The molecule has 1 N–H and O–H groups in total. The second kappa shape index (κ2) is 5.76. The van der Waals surface area contributed by atoms with Gasteiger partial charge >= 0.3 is 0 Å². The van der Waals surface area contributed by atoms with E-state index in [1.165, 1.54) is 0 Å². The van der Waals surface area contributed by atoms with Crippen molar-refractivity contribution in [2.45, 2.75) is 25.8 Å². The molecule has 0 saturated heterocycles. The molecule has 0 aliphatic rings. The molecule has 0 unspecified atom stereocenters. The van der Waals surface area contributed by atoms with E-state index in [0.29, 0.717) is 16.7 Å². The highest BCUT2D eigenvalue weighted by Crippen LogP contribution is 2.26. The Morgan fingerprint density at radius 2 is 1.94 bits per heavy atom. The molecule has 0 spiro atoms. The Morgan fingerprint density at radius 1 is 1.25 bits per heavy atom. The molecule has 0 aromatic heterocycles. The maximum atomic E-state index is 5.89. The van der Waals surface area contributed by atoms with Crippen LogP contribution in [0.3, 0.4) is 0 Å². The molecule has 0 amide bonds. The average molecular weight is 262 g/mol.